The second-order valence-electron chi connectivity index (χ2n) is 5.86. The quantitative estimate of drug-likeness (QED) is 0.781. The van der Waals surface area contributed by atoms with Gasteiger partial charge in [0.1, 0.15) is 5.82 Å². The molecule has 108 valence electrons. The molecule has 0 radical (unpaired) electrons. The Morgan fingerprint density at radius 1 is 1.19 bits per heavy atom. The van der Waals surface area contributed by atoms with E-state index in [1.807, 2.05) is 4.90 Å². The van der Waals surface area contributed by atoms with Crippen molar-refractivity contribution in [2.45, 2.75) is 0 Å². The fraction of sp³-hybridized carbons (Fsp3) is 0.400. The van der Waals surface area contributed by atoms with E-state index in [1.165, 1.54) is 12.1 Å². The number of halogens is 1. The highest BCUT2D eigenvalue weighted by atomic mass is 19.1. The lowest BCUT2D eigenvalue weighted by atomic mass is 10.0. The lowest BCUT2D eigenvalue weighted by Crippen LogP contribution is -2.29. The third-order valence-electron chi connectivity index (χ3n) is 4.48. The SMILES string of the molecule is O=CN1CC2CN(c3ncc4cc(F)ccc4n3)CC2C1. The van der Waals surface area contributed by atoms with Gasteiger partial charge in [0.25, 0.3) is 0 Å². The van der Waals surface area contributed by atoms with Gasteiger partial charge < -0.3 is 9.80 Å². The fourth-order valence-corrected chi connectivity index (χ4v) is 3.43. The molecular formula is C15H15FN4O. The predicted octanol–water partition coefficient (Wildman–Crippen LogP) is 1.29. The first-order chi connectivity index (χ1) is 10.2. The maximum Gasteiger partial charge on any atom is 0.225 e. The normalized spacial score (nSPS) is 24.6. The van der Waals surface area contributed by atoms with Gasteiger partial charge in [-0.15, -0.1) is 0 Å². The average molecular weight is 286 g/mol. The van der Waals surface area contributed by atoms with Gasteiger partial charge in [0.15, 0.2) is 0 Å². The van der Waals surface area contributed by atoms with E-state index >= 15 is 0 Å². The van der Waals surface area contributed by atoms with Gasteiger partial charge in [-0.3, -0.25) is 4.79 Å². The Hall–Kier alpha value is -2.24. The molecule has 5 nitrogen and oxygen atoms in total. The molecule has 2 saturated heterocycles. The number of hydrogen-bond donors (Lipinski definition) is 0. The summed E-state index contributed by atoms with van der Waals surface area (Å²) in [6, 6.07) is 4.54. The number of fused-ring (bicyclic) bond motifs is 2. The smallest absolute Gasteiger partial charge is 0.225 e. The summed E-state index contributed by atoms with van der Waals surface area (Å²) >= 11 is 0. The number of nitrogens with zero attached hydrogens (tertiary/aromatic N) is 4. The fourth-order valence-electron chi connectivity index (χ4n) is 3.43. The first kappa shape index (κ1) is 12.5. The minimum Gasteiger partial charge on any atom is -0.345 e. The Balaban J connectivity index is 1.58. The molecular weight excluding hydrogens is 271 g/mol. The number of carbonyl (C=O) groups excluding carboxylic acids is 1. The number of benzene rings is 1. The molecule has 1 aromatic heterocycles. The van der Waals surface area contributed by atoms with Gasteiger partial charge >= 0.3 is 0 Å². The molecule has 0 N–H and O–H groups in total. The molecule has 21 heavy (non-hydrogen) atoms. The maximum atomic E-state index is 13.2. The summed E-state index contributed by atoms with van der Waals surface area (Å²) in [5, 5.41) is 0.713. The zero-order valence-electron chi connectivity index (χ0n) is 11.4. The topological polar surface area (TPSA) is 49.3 Å². The van der Waals surface area contributed by atoms with Crippen molar-refractivity contribution in [1.82, 2.24) is 14.9 Å². The van der Waals surface area contributed by atoms with Crippen LogP contribution in [0.3, 0.4) is 0 Å². The molecule has 4 rings (SSSR count). The van der Waals surface area contributed by atoms with Crippen LogP contribution in [-0.4, -0.2) is 47.5 Å². The molecule has 2 aliphatic rings. The molecule has 0 bridgehead atoms. The molecule has 0 aliphatic carbocycles. The largest absolute Gasteiger partial charge is 0.345 e. The van der Waals surface area contributed by atoms with Crippen molar-refractivity contribution in [2.24, 2.45) is 11.8 Å². The van der Waals surface area contributed by atoms with Crippen LogP contribution in [0.2, 0.25) is 0 Å². The molecule has 2 aliphatic heterocycles. The molecule has 2 aromatic rings. The van der Waals surface area contributed by atoms with Crippen molar-refractivity contribution >= 4 is 23.3 Å². The van der Waals surface area contributed by atoms with Gasteiger partial charge in [0.2, 0.25) is 12.4 Å². The van der Waals surface area contributed by atoms with E-state index in [0.717, 1.165) is 38.1 Å². The lowest BCUT2D eigenvalue weighted by Gasteiger charge is -2.19. The van der Waals surface area contributed by atoms with Crippen LogP contribution in [0.4, 0.5) is 10.3 Å². The highest BCUT2D eigenvalue weighted by molar-refractivity contribution is 5.78. The number of hydrogen-bond acceptors (Lipinski definition) is 4. The average Bonchev–Trinajstić information content (AvgIpc) is 3.04. The van der Waals surface area contributed by atoms with Gasteiger partial charge in [-0.1, -0.05) is 0 Å². The van der Waals surface area contributed by atoms with E-state index in [-0.39, 0.29) is 5.82 Å². The third-order valence-corrected chi connectivity index (χ3v) is 4.48. The third kappa shape index (κ3) is 2.11. The number of likely N-dealkylation sites (tertiary alicyclic amines) is 1. The summed E-state index contributed by atoms with van der Waals surface area (Å²) < 4.78 is 13.2. The molecule has 6 heteroatoms. The molecule has 1 amide bonds. The molecule has 3 heterocycles. The van der Waals surface area contributed by atoms with Crippen LogP contribution in [0.1, 0.15) is 0 Å². The van der Waals surface area contributed by atoms with Gasteiger partial charge in [-0.25, -0.2) is 14.4 Å². The second-order valence-corrected chi connectivity index (χ2v) is 5.86. The summed E-state index contributed by atoms with van der Waals surface area (Å²) in [6.45, 7) is 3.40. The van der Waals surface area contributed by atoms with Gasteiger partial charge in [-0.2, -0.15) is 0 Å². The van der Waals surface area contributed by atoms with Crippen molar-refractivity contribution < 1.29 is 9.18 Å². The van der Waals surface area contributed by atoms with E-state index in [2.05, 4.69) is 14.9 Å². The molecule has 2 fully saturated rings. The Bertz CT molecular complexity index is 693. The maximum absolute atomic E-state index is 13.2. The lowest BCUT2D eigenvalue weighted by molar-refractivity contribution is -0.117. The van der Waals surface area contributed by atoms with E-state index < -0.39 is 0 Å². The number of amides is 1. The van der Waals surface area contributed by atoms with Gasteiger partial charge in [-0.05, 0) is 18.2 Å². The van der Waals surface area contributed by atoms with Crippen molar-refractivity contribution in [3.8, 4) is 0 Å². The predicted molar refractivity (Wildman–Crippen MR) is 76.3 cm³/mol. The monoisotopic (exact) mass is 286 g/mol. The molecule has 1 aromatic carbocycles. The number of anilines is 1. The summed E-state index contributed by atoms with van der Waals surface area (Å²) in [4.78, 5) is 23.7. The van der Waals surface area contributed by atoms with Crippen LogP contribution in [0.25, 0.3) is 10.9 Å². The minimum atomic E-state index is -0.275. The van der Waals surface area contributed by atoms with Crippen LogP contribution in [0.15, 0.2) is 24.4 Å². The van der Waals surface area contributed by atoms with Crippen LogP contribution in [0.5, 0.6) is 0 Å². The Labute approximate surface area is 121 Å². The summed E-state index contributed by atoms with van der Waals surface area (Å²) in [5.41, 5.74) is 0.757. The number of aromatic nitrogens is 2. The molecule has 2 atom stereocenters. The Morgan fingerprint density at radius 3 is 2.67 bits per heavy atom. The van der Waals surface area contributed by atoms with Gasteiger partial charge in [0.05, 0.1) is 5.52 Å². The summed E-state index contributed by atoms with van der Waals surface area (Å²) in [5.74, 6) is 1.43. The van der Waals surface area contributed by atoms with Crippen molar-refractivity contribution in [3.63, 3.8) is 0 Å². The standard InChI is InChI=1S/C15H15FN4O/c16-13-1-2-14-10(3-13)4-17-15(18-14)20-7-11-5-19(9-21)6-12(11)8-20/h1-4,9,11-12H,5-8H2. The van der Waals surface area contributed by atoms with E-state index in [0.29, 0.717) is 23.2 Å². The number of carbonyl (C=O) groups is 1. The Morgan fingerprint density at radius 2 is 1.95 bits per heavy atom. The van der Waals surface area contributed by atoms with Crippen molar-refractivity contribution in [2.75, 3.05) is 31.1 Å². The first-order valence-corrected chi connectivity index (χ1v) is 7.09. The van der Waals surface area contributed by atoms with E-state index in [1.54, 1.807) is 12.3 Å². The van der Waals surface area contributed by atoms with Crippen molar-refractivity contribution in [3.05, 3.63) is 30.2 Å². The van der Waals surface area contributed by atoms with Crippen molar-refractivity contribution in [1.29, 1.82) is 0 Å². The molecule has 0 saturated carbocycles. The first-order valence-electron chi connectivity index (χ1n) is 7.09. The highest BCUT2D eigenvalue weighted by Crippen LogP contribution is 2.32. The van der Waals surface area contributed by atoms with Crippen LogP contribution in [-0.2, 0) is 4.79 Å². The van der Waals surface area contributed by atoms with Gasteiger partial charge in [0, 0.05) is 49.6 Å². The summed E-state index contributed by atoms with van der Waals surface area (Å²) in [6.07, 6.45) is 2.61. The highest BCUT2D eigenvalue weighted by Gasteiger charge is 2.40. The Kier molecular flexibility index (Phi) is 2.77. The minimum absolute atomic E-state index is 0.275. The molecule has 2 unspecified atom stereocenters. The zero-order chi connectivity index (χ0) is 14.4. The van der Waals surface area contributed by atoms with E-state index in [4.69, 9.17) is 0 Å². The second kappa shape index (κ2) is 4.65. The molecule has 0 spiro atoms. The number of rotatable bonds is 2. The van der Waals surface area contributed by atoms with Crippen LogP contribution in [0, 0.1) is 17.7 Å². The summed E-state index contributed by atoms with van der Waals surface area (Å²) in [7, 11) is 0. The van der Waals surface area contributed by atoms with Crippen LogP contribution < -0.4 is 4.90 Å². The van der Waals surface area contributed by atoms with Crippen LogP contribution >= 0.6 is 0 Å². The zero-order valence-corrected chi connectivity index (χ0v) is 11.4. The van der Waals surface area contributed by atoms with E-state index in [9.17, 15) is 9.18 Å².